The van der Waals surface area contributed by atoms with E-state index < -0.39 is 6.10 Å². The van der Waals surface area contributed by atoms with Gasteiger partial charge in [0.1, 0.15) is 18.5 Å². The lowest BCUT2D eigenvalue weighted by molar-refractivity contribution is 0.0668. The Labute approximate surface area is 173 Å². The Kier molecular flexibility index (Phi) is 9.38. The van der Waals surface area contributed by atoms with E-state index in [4.69, 9.17) is 9.47 Å². The molecule has 2 N–H and O–H groups in total. The van der Waals surface area contributed by atoms with E-state index in [0.717, 1.165) is 5.56 Å². The molecular weight excluding hydrogens is 371 g/mol. The van der Waals surface area contributed by atoms with Crippen molar-refractivity contribution in [3.05, 3.63) is 59.4 Å². The number of aliphatic hydroxyl groups is 1. The first kappa shape index (κ1) is 23.1. The van der Waals surface area contributed by atoms with Gasteiger partial charge in [-0.25, -0.2) is 4.39 Å². The van der Waals surface area contributed by atoms with Crippen LogP contribution in [0.15, 0.2) is 42.5 Å². The fourth-order valence-electron chi connectivity index (χ4n) is 2.88. The Balaban J connectivity index is 1.86. The van der Waals surface area contributed by atoms with Crippen molar-refractivity contribution in [3.8, 4) is 11.5 Å². The second-order valence-corrected chi connectivity index (χ2v) is 7.50. The lowest BCUT2D eigenvalue weighted by Crippen LogP contribution is -2.37. The van der Waals surface area contributed by atoms with Crippen molar-refractivity contribution in [3.63, 3.8) is 0 Å². The molecular formula is C23H33FN2O3. The molecule has 0 aromatic heterocycles. The highest BCUT2D eigenvalue weighted by Crippen LogP contribution is 2.28. The predicted molar refractivity (Wildman–Crippen MR) is 114 cm³/mol. The maximum atomic E-state index is 13.7. The average Bonchev–Trinajstić information content (AvgIpc) is 2.70. The normalized spacial score (nSPS) is 12.4. The van der Waals surface area contributed by atoms with Gasteiger partial charge in [-0.15, -0.1) is 0 Å². The van der Waals surface area contributed by atoms with Gasteiger partial charge < -0.3 is 24.8 Å². The molecule has 0 aliphatic carbocycles. The maximum absolute atomic E-state index is 13.7. The van der Waals surface area contributed by atoms with E-state index in [1.165, 1.54) is 6.07 Å². The molecule has 160 valence electrons. The van der Waals surface area contributed by atoms with E-state index in [1.54, 1.807) is 19.2 Å². The highest BCUT2D eigenvalue weighted by atomic mass is 19.1. The molecule has 5 nitrogen and oxygen atoms in total. The van der Waals surface area contributed by atoms with E-state index in [0.29, 0.717) is 49.2 Å². The van der Waals surface area contributed by atoms with Gasteiger partial charge in [-0.3, -0.25) is 0 Å². The number of nitrogens with zero attached hydrogens (tertiary/aromatic N) is 1. The monoisotopic (exact) mass is 404 g/mol. The van der Waals surface area contributed by atoms with Gasteiger partial charge in [0.25, 0.3) is 0 Å². The second-order valence-electron chi connectivity index (χ2n) is 7.50. The van der Waals surface area contributed by atoms with Crippen molar-refractivity contribution in [2.24, 2.45) is 0 Å². The molecule has 6 heteroatoms. The van der Waals surface area contributed by atoms with Crippen LogP contribution >= 0.6 is 0 Å². The van der Waals surface area contributed by atoms with Crippen molar-refractivity contribution < 1.29 is 19.0 Å². The number of benzene rings is 2. The molecule has 0 aliphatic rings. The van der Waals surface area contributed by atoms with Crippen LogP contribution in [0.5, 0.6) is 11.5 Å². The number of aliphatic hydroxyl groups excluding tert-OH is 1. The molecule has 0 radical (unpaired) electrons. The molecule has 0 amide bonds. The molecule has 0 bridgehead atoms. The summed E-state index contributed by atoms with van der Waals surface area (Å²) in [4.78, 5) is 2.07. The number of ether oxygens (including phenoxy) is 2. The van der Waals surface area contributed by atoms with E-state index in [9.17, 15) is 9.50 Å². The molecule has 0 saturated carbocycles. The van der Waals surface area contributed by atoms with Crippen LogP contribution in [0.3, 0.4) is 0 Å². The smallest absolute Gasteiger partial charge is 0.161 e. The molecule has 0 saturated heterocycles. The van der Waals surface area contributed by atoms with Crippen LogP contribution < -0.4 is 14.8 Å². The zero-order valence-corrected chi connectivity index (χ0v) is 17.8. The molecule has 0 aliphatic heterocycles. The van der Waals surface area contributed by atoms with Gasteiger partial charge in [0, 0.05) is 19.1 Å². The molecule has 2 aromatic rings. The van der Waals surface area contributed by atoms with Crippen LogP contribution in [0.1, 0.15) is 25.0 Å². The van der Waals surface area contributed by atoms with Crippen molar-refractivity contribution >= 4 is 0 Å². The quantitative estimate of drug-likeness (QED) is 0.532. The number of likely N-dealkylation sites (N-methyl/N-ethyl adjacent to an activating group) is 1. The average molecular weight is 405 g/mol. The van der Waals surface area contributed by atoms with Crippen molar-refractivity contribution in [2.45, 2.75) is 39.0 Å². The molecule has 0 spiro atoms. The summed E-state index contributed by atoms with van der Waals surface area (Å²) in [5.41, 5.74) is 1.74. The lowest BCUT2D eigenvalue weighted by atomic mass is 10.1. The fourth-order valence-corrected chi connectivity index (χ4v) is 2.88. The van der Waals surface area contributed by atoms with Gasteiger partial charge in [0.15, 0.2) is 11.5 Å². The fraction of sp³-hybridized carbons (Fsp3) is 0.478. The standard InChI is InChI=1S/C23H33FN2O3/c1-17(2)26(3)15-20(27)16-29-23-13-18(9-10-22(23)28-4)14-25-12-11-19-7-5-6-8-21(19)24/h5-10,13,17,20,25,27H,11-12,14-16H2,1-4H3/t20-/m0/s1. The number of methoxy groups -OCH3 is 1. The number of rotatable bonds is 12. The molecule has 0 unspecified atom stereocenters. The van der Waals surface area contributed by atoms with Crippen molar-refractivity contribution in [1.82, 2.24) is 10.2 Å². The van der Waals surface area contributed by atoms with Crippen molar-refractivity contribution in [2.75, 3.05) is 33.9 Å². The van der Waals surface area contributed by atoms with E-state index in [-0.39, 0.29) is 12.4 Å². The summed E-state index contributed by atoms with van der Waals surface area (Å²) in [5, 5.41) is 13.5. The van der Waals surface area contributed by atoms with Crippen LogP contribution in [-0.4, -0.2) is 56.0 Å². The number of halogens is 1. The first-order chi connectivity index (χ1) is 13.9. The third-order valence-electron chi connectivity index (χ3n) is 4.90. The highest BCUT2D eigenvalue weighted by molar-refractivity contribution is 5.43. The SMILES string of the molecule is COc1ccc(CNCCc2ccccc2F)cc1OC[C@@H](O)CN(C)C(C)C. The largest absolute Gasteiger partial charge is 0.493 e. The van der Waals surface area contributed by atoms with Gasteiger partial charge in [0.2, 0.25) is 0 Å². The van der Waals surface area contributed by atoms with Crippen LogP contribution in [0, 0.1) is 5.82 Å². The zero-order valence-electron chi connectivity index (χ0n) is 17.8. The summed E-state index contributed by atoms with van der Waals surface area (Å²) in [5.74, 6) is 1.06. The van der Waals surface area contributed by atoms with Crippen LogP contribution in [-0.2, 0) is 13.0 Å². The number of hydrogen-bond acceptors (Lipinski definition) is 5. The lowest BCUT2D eigenvalue weighted by Gasteiger charge is -2.24. The molecule has 2 rings (SSSR count). The van der Waals surface area contributed by atoms with Crippen LogP contribution in [0.4, 0.5) is 4.39 Å². The van der Waals surface area contributed by atoms with Gasteiger partial charge >= 0.3 is 0 Å². The summed E-state index contributed by atoms with van der Waals surface area (Å²) >= 11 is 0. The Morgan fingerprint density at radius 3 is 2.59 bits per heavy atom. The predicted octanol–water partition coefficient (Wildman–Crippen LogP) is 3.25. The summed E-state index contributed by atoms with van der Waals surface area (Å²) in [6.07, 6.45) is 0.0385. The minimum Gasteiger partial charge on any atom is -0.493 e. The van der Waals surface area contributed by atoms with E-state index in [1.807, 2.05) is 31.3 Å². The Morgan fingerprint density at radius 1 is 1.14 bits per heavy atom. The maximum Gasteiger partial charge on any atom is 0.161 e. The number of nitrogens with one attached hydrogen (secondary N) is 1. The summed E-state index contributed by atoms with van der Waals surface area (Å²) < 4.78 is 24.9. The Morgan fingerprint density at radius 2 is 1.90 bits per heavy atom. The van der Waals surface area contributed by atoms with Gasteiger partial charge in [0.05, 0.1) is 7.11 Å². The second kappa shape index (κ2) is 11.8. The topological polar surface area (TPSA) is 54.0 Å². The highest BCUT2D eigenvalue weighted by Gasteiger charge is 2.13. The Hall–Kier alpha value is -2.15. The van der Waals surface area contributed by atoms with E-state index >= 15 is 0 Å². The van der Waals surface area contributed by atoms with Crippen LogP contribution in [0.2, 0.25) is 0 Å². The third kappa shape index (κ3) is 7.65. The number of hydrogen-bond donors (Lipinski definition) is 2. The van der Waals surface area contributed by atoms with Gasteiger partial charge in [-0.05, 0) is 63.2 Å². The van der Waals surface area contributed by atoms with E-state index in [2.05, 4.69) is 24.1 Å². The summed E-state index contributed by atoms with van der Waals surface area (Å²) in [6, 6.07) is 12.9. The molecule has 1 atom stereocenters. The van der Waals surface area contributed by atoms with Crippen LogP contribution in [0.25, 0.3) is 0 Å². The van der Waals surface area contributed by atoms with Crippen molar-refractivity contribution in [1.29, 1.82) is 0 Å². The molecule has 29 heavy (non-hydrogen) atoms. The van der Waals surface area contributed by atoms with Gasteiger partial charge in [-0.2, -0.15) is 0 Å². The summed E-state index contributed by atoms with van der Waals surface area (Å²) in [7, 11) is 3.57. The molecule has 0 heterocycles. The minimum atomic E-state index is -0.588. The third-order valence-corrected chi connectivity index (χ3v) is 4.90. The summed E-state index contributed by atoms with van der Waals surface area (Å²) in [6.45, 7) is 6.20. The molecule has 2 aromatic carbocycles. The Bertz CT molecular complexity index is 755. The first-order valence-electron chi connectivity index (χ1n) is 10.0. The first-order valence-corrected chi connectivity index (χ1v) is 10.0. The molecule has 0 fully saturated rings. The minimum absolute atomic E-state index is 0.170. The van der Waals surface area contributed by atoms with Gasteiger partial charge in [-0.1, -0.05) is 24.3 Å². The zero-order chi connectivity index (χ0) is 21.2.